The zero-order chi connectivity index (χ0) is 13.7. The summed E-state index contributed by atoms with van der Waals surface area (Å²) in [4.78, 5) is 11.0. The van der Waals surface area contributed by atoms with E-state index in [4.69, 9.17) is 5.11 Å². The second-order valence-corrected chi connectivity index (χ2v) is 5.63. The minimum Gasteiger partial charge on any atom is -0.478 e. The summed E-state index contributed by atoms with van der Waals surface area (Å²) >= 11 is 0. The van der Waals surface area contributed by atoms with E-state index in [2.05, 4.69) is 5.32 Å². The van der Waals surface area contributed by atoms with Gasteiger partial charge in [-0.05, 0) is 25.5 Å². The van der Waals surface area contributed by atoms with Crippen LogP contribution in [-0.2, 0) is 10.8 Å². The Morgan fingerprint density at radius 3 is 2.78 bits per heavy atom. The summed E-state index contributed by atoms with van der Waals surface area (Å²) in [5, 5.41) is 11.8. The Hall–Kier alpha value is -1.43. The number of aromatic carboxylic acids is 1. The number of anilines is 1. The highest BCUT2D eigenvalue weighted by Gasteiger charge is 2.15. The van der Waals surface area contributed by atoms with Crippen LogP contribution in [0.4, 0.5) is 10.1 Å². The Balaban J connectivity index is 2.83. The number of halogens is 1. The molecule has 0 heterocycles. The normalized spacial score (nSPS) is 13.9. The van der Waals surface area contributed by atoms with Crippen LogP contribution in [0.3, 0.4) is 0 Å². The highest BCUT2D eigenvalue weighted by Crippen LogP contribution is 2.21. The molecule has 6 heteroatoms. The molecule has 0 aliphatic rings. The van der Waals surface area contributed by atoms with E-state index in [1.54, 1.807) is 13.2 Å². The summed E-state index contributed by atoms with van der Waals surface area (Å²) in [5.41, 5.74) is -0.112. The number of carboxylic acid groups (broad SMARTS) is 1. The van der Waals surface area contributed by atoms with Crippen LogP contribution < -0.4 is 5.32 Å². The molecule has 2 atom stereocenters. The van der Waals surface area contributed by atoms with Crippen molar-refractivity contribution in [3.8, 4) is 0 Å². The van der Waals surface area contributed by atoms with Crippen molar-refractivity contribution in [1.82, 2.24) is 0 Å². The Labute approximate surface area is 108 Å². The summed E-state index contributed by atoms with van der Waals surface area (Å²) in [6, 6.07) is 3.76. The summed E-state index contributed by atoms with van der Waals surface area (Å²) in [6.07, 6.45) is 2.18. The molecule has 0 spiro atoms. The van der Waals surface area contributed by atoms with Crippen LogP contribution in [0.1, 0.15) is 23.7 Å². The second kappa shape index (κ2) is 6.49. The van der Waals surface area contributed by atoms with Gasteiger partial charge in [0.1, 0.15) is 5.82 Å². The zero-order valence-corrected chi connectivity index (χ0v) is 11.1. The van der Waals surface area contributed by atoms with Gasteiger partial charge in [-0.15, -0.1) is 0 Å². The monoisotopic (exact) mass is 273 g/mol. The van der Waals surface area contributed by atoms with Gasteiger partial charge in [-0.3, -0.25) is 4.21 Å². The van der Waals surface area contributed by atoms with E-state index in [1.165, 1.54) is 18.2 Å². The molecule has 18 heavy (non-hydrogen) atoms. The number of para-hydroxylation sites is 1. The average Bonchev–Trinajstić information content (AvgIpc) is 2.28. The molecule has 0 aliphatic heterocycles. The average molecular weight is 273 g/mol. The van der Waals surface area contributed by atoms with E-state index in [1.807, 2.05) is 0 Å². The lowest BCUT2D eigenvalue weighted by molar-refractivity contribution is 0.0697. The van der Waals surface area contributed by atoms with Crippen molar-refractivity contribution >= 4 is 22.5 Å². The van der Waals surface area contributed by atoms with E-state index in [-0.39, 0.29) is 17.3 Å². The Bertz CT molecular complexity index is 465. The number of hydrogen-bond donors (Lipinski definition) is 2. The van der Waals surface area contributed by atoms with Crippen molar-refractivity contribution in [3.05, 3.63) is 29.6 Å². The quantitative estimate of drug-likeness (QED) is 0.833. The molecular formula is C12H16FNO3S. The van der Waals surface area contributed by atoms with Crippen molar-refractivity contribution in [3.63, 3.8) is 0 Å². The van der Waals surface area contributed by atoms with E-state index < -0.39 is 22.6 Å². The van der Waals surface area contributed by atoms with E-state index in [9.17, 15) is 13.4 Å². The number of carbonyl (C=O) groups is 1. The maximum atomic E-state index is 13.6. The first-order chi connectivity index (χ1) is 8.41. The lowest BCUT2D eigenvalue weighted by Gasteiger charge is -2.17. The van der Waals surface area contributed by atoms with Gasteiger partial charge in [0.15, 0.2) is 0 Å². The fourth-order valence-electron chi connectivity index (χ4n) is 1.51. The Morgan fingerprint density at radius 2 is 2.22 bits per heavy atom. The van der Waals surface area contributed by atoms with Gasteiger partial charge in [0.05, 0.1) is 11.3 Å². The van der Waals surface area contributed by atoms with Crippen LogP contribution >= 0.6 is 0 Å². The molecule has 4 nitrogen and oxygen atoms in total. The summed E-state index contributed by atoms with van der Waals surface area (Å²) in [6.45, 7) is 1.80. The van der Waals surface area contributed by atoms with Crippen LogP contribution in [-0.4, -0.2) is 33.3 Å². The van der Waals surface area contributed by atoms with E-state index >= 15 is 0 Å². The molecule has 0 saturated carbocycles. The minimum atomic E-state index is -1.18. The first kappa shape index (κ1) is 14.6. The second-order valence-electron chi connectivity index (χ2n) is 4.08. The molecule has 0 radical (unpaired) electrons. The first-order valence-electron chi connectivity index (χ1n) is 5.50. The van der Waals surface area contributed by atoms with Gasteiger partial charge in [0.2, 0.25) is 0 Å². The van der Waals surface area contributed by atoms with Gasteiger partial charge in [0, 0.05) is 28.9 Å². The van der Waals surface area contributed by atoms with Crippen LogP contribution in [0.2, 0.25) is 0 Å². The zero-order valence-electron chi connectivity index (χ0n) is 10.3. The van der Waals surface area contributed by atoms with Crippen molar-refractivity contribution in [1.29, 1.82) is 0 Å². The van der Waals surface area contributed by atoms with Crippen LogP contribution in [0.5, 0.6) is 0 Å². The number of rotatable bonds is 6. The van der Waals surface area contributed by atoms with Crippen LogP contribution in [0, 0.1) is 5.82 Å². The smallest absolute Gasteiger partial charge is 0.337 e. The van der Waals surface area contributed by atoms with Crippen LogP contribution in [0.25, 0.3) is 0 Å². The lowest BCUT2D eigenvalue weighted by atomic mass is 10.1. The molecule has 2 N–H and O–H groups in total. The highest BCUT2D eigenvalue weighted by atomic mass is 32.2. The topological polar surface area (TPSA) is 66.4 Å². The van der Waals surface area contributed by atoms with Crippen molar-refractivity contribution in [2.75, 3.05) is 17.3 Å². The predicted molar refractivity (Wildman–Crippen MR) is 70.0 cm³/mol. The largest absolute Gasteiger partial charge is 0.478 e. The summed E-state index contributed by atoms with van der Waals surface area (Å²) in [5.74, 6) is -1.28. The van der Waals surface area contributed by atoms with E-state index in [0.717, 1.165) is 0 Å². The molecule has 1 aromatic rings. The van der Waals surface area contributed by atoms with Gasteiger partial charge in [-0.25, -0.2) is 9.18 Å². The fraction of sp³-hybridized carbons (Fsp3) is 0.417. The molecular weight excluding hydrogens is 257 g/mol. The van der Waals surface area contributed by atoms with Gasteiger partial charge >= 0.3 is 5.97 Å². The van der Waals surface area contributed by atoms with Crippen molar-refractivity contribution in [2.24, 2.45) is 0 Å². The number of carboxylic acids is 1. The Morgan fingerprint density at radius 1 is 1.56 bits per heavy atom. The first-order valence-corrected chi connectivity index (χ1v) is 7.23. The molecule has 0 amide bonds. The highest BCUT2D eigenvalue weighted by molar-refractivity contribution is 7.84. The molecule has 0 saturated heterocycles. The third-order valence-corrected chi connectivity index (χ3v) is 3.28. The maximum absolute atomic E-state index is 13.6. The fourth-order valence-corrected chi connectivity index (χ4v) is 2.20. The SMILES string of the molecule is CC(CCS(C)=O)Nc1c(F)cccc1C(=O)O. The molecule has 1 rings (SSSR count). The molecule has 2 unspecified atom stereocenters. The molecule has 0 aliphatic carbocycles. The number of nitrogens with one attached hydrogen (secondary N) is 1. The van der Waals surface area contributed by atoms with Gasteiger partial charge in [-0.1, -0.05) is 6.07 Å². The Kier molecular flexibility index (Phi) is 5.27. The molecule has 0 fully saturated rings. The number of hydrogen-bond acceptors (Lipinski definition) is 3. The van der Waals surface area contributed by atoms with Gasteiger partial charge in [0.25, 0.3) is 0 Å². The molecule has 1 aromatic carbocycles. The van der Waals surface area contributed by atoms with Crippen LogP contribution in [0.15, 0.2) is 18.2 Å². The van der Waals surface area contributed by atoms with E-state index in [0.29, 0.717) is 12.2 Å². The molecule has 0 aromatic heterocycles. The standard InChI is InChI=1S/C12H16FNO3S/c1-8(6-7-18(2)17)14-11-9(12(15)16)4-3-5-10(11)13/h3-5,8,14H,6-7H2,1-2H3,(H,15,16). The summed E-state index contributed by atoms with van der Waals surface area (Å²) < 4.78 is 24.5. The number of benzene rings is 1. The summed E-state index contributed by atoms with van der Waals surface area (Å²) in [7, 11) is -0.914. The van der Waals surface area contributed by atoms with Gasteiger partial charge < -0.3 is 10.4 Å². The maximum Gasteiger partial charge on any atom is 0.337 e. The third kappa shape index (κ3) is 4.10. The minimum absolute atomic E-state index is 0.0145. The van der Waals surface area contributed by atoms with Crippen molar-refractivity contribution < 1.29 is 18.5 Å². The third-order valence-electron chi connectivity index (χ3n) is 2.47. The molecule has 100 valence electrons. The van der Waals surface area contributed by atoms with Gasteiger partial charge in [-0.2, -0.15) is 0 Å². The lowest BCUT2D eigenvalue weighted by Crippen LogP contribution is -2.20. The van der Waals surface area contributed by atoms with Crippen molar-refractivity contribution in [2.45, 2.75) is 19.4 Å². The predicted octanol–water partition coefficient (Wildman–Crippen LogP) is 2.09. The molecule has 0 bridgehead atoms.